The lowest BCUT2D eigenvalue weighted by molar-refractivity contribution is -0.224. The summed E-state index contributed by atoms with van der Waals surface area (Å²) >= 11 is 0. The number of hydrogen-bond acceptors (Lipinski definition) is 11. The molecule has 5 aliphatic rings. The molecule has 256 valence electrons. The van der Waals surface area contributed by atoms with Gasteiger partial charge in [0.2, 0.25) is 0 Å². The van der Waals surface area contributed by atoms with E-state index in [9.17, 15) is 29.2 Å². The van der Waals surface area contributed by atoms with Gasteiger partial charge in [-0.25, -0.2) is 13.8 Å². The molecule has 0 spiro atoms. The van der Waals surface area contributed by atoms with Crippen LogP contribution in [0.3, 0.4) is 0 Å². The number of aliphatic hydroxyl groups is 2. The molecule has 2 N–H and O–H groups in total. The molecule has 6 rings (SSSR count). The zero-order valence-corrected chi connectivity index (χ0v) is 27.8. The van der Waals surface area contributed by atoms with E-state index in [0.29, 0.717) is 5.57 Å². The summed E-state index contributed by atoms with van der Waals surface area (Å²) in [7, 11) is -4.24. The highest BCUT2D eigenvalue weighted by Gasteiger charge is 2.79. The van der Waals surface area contributed by atoms with Gasteiger partial charge >= 0.3 is 13.6 Å². The van der Waals surface area contributed by atoms with Crippen molar-refractivity contribution in [3.63, 3.8) is 0 Å². The number of fused-ring (bicyclic) bond motifs is 7. The first-order chi connectivity index (χ1) is 22.2. The summed E-state index contributed by atoms with van der Waals surface area (Å²) in [6.07, 6.45) is -0.587. The number of aliphatic hydroxyl groups excluding tert-OH is 2. The van der Waals surface area contributed by atoms with E-state index in [2.05, 4.69) is 0 Å². The van der Waals surface area contributed by atoms with Gasteiger partial charge in [-0.05, 0) is 64.2 Å². The largest absolute Gasteiger partial charge is 0.464 e. The highest BCUT2D eigenvalue weighted by atomic mass is 31.2. The standard InChI is InChI=1S/C34H42FO11P/c1-5-42-30(40)20(2)45-47(41,46-23-9-7-6-8-10-23)19-29-43-28-16-25-24-12-11-21-15-22(37)13-14-31(21,3)33(24,35)26(38)17-32(25,4)34(28,44-29)27(39)18-36/h6-11,13-14,20,24-26,28-29,36,38H,5,12,15-19H2,1-4H3/t20-,24-,25-,26-,28+,29?,31-,32-,33-,34+,47?/m0/s1. The first-order valence-corrected chi connectivity index (χ1v) is 17.8. The van der Waals surface area contributed by atoms with Crippen molar-refractivity contribution in [1.82, 2.24) is 0 Å². The van der Waals surface area contributed by atoms with E-state index in [1.165, 1.54) is 13.0 Å². The van der Waals surface area contributed by atoms with Crippen LogP contribution in [-0.2, 0) is 37.7 Å². The minimum Gasteiger partial charge on any atom is -0.464 e. The SMILES string of the molecule is CCOC(=O)[C@H](C)OP(=O)(CC1O[C@@H]2C[C@H]3[C@@H]4CC=C5CC(=O)C=C[C@]5(C)[C@@]4(F)[C@@H](O)C[C@]3(C)[C@]2(C(=O)CO)O1)Oc1ccccc1. The molecule has 1 aromatic carbocycles. The molecule has 0 amide bonds. The van der Waals surface area contributed by atoms with Crippen LogP contribution in [0.25, 0.3) is 0 Å². The third-order valence-corrected chi connectivity index (χ3v) is 13.1. The second-order valence-corrected chi connectivity index (χ2v) is 15.7. The van der Waals surface area contributed by atoms with Gasteiger partial charge in [0.05, 0.1) is 18.8 Å². The second-order valence-electron chi connectivity index (χ2n) is 13.7. The van der Waals surface area contributed by atoms with Crippen molar-refractivity contribution in [2.24, 2.45) is 22.7 Å². The van der Waals surface area contributed by atoms with Crippen LogP contribution in [0, 0.1) is 22.7 Å². The Balaban J connectivity index is 1.32. The van der Waals surface area contributed by atoms with Crippen molar-refractivity contribution in [2.45, 2.75) is 89.2 Å². The molecule has 11 atom stereocenters. The third kappa shape index (κ3) is 5.09. The minimum atomic E-state index is -4.24. The molecule has 1 aliphatic heterocycles. The van der Waals surface area contributed by atoms with Crippen LogP contribution in [0.1, 0.15) is 53.4 Å². The first-order valence-electron chi connectivity index (χ1n) is 16.1. The van der Waals surface area contributed by atoms with Gasteiger partial charge in [0.15, 0.2) is 35.2 Å². The Morgan fingerprint density at radius 3 is 2.60 bits per heavy atom. The Bertz CT molecular complexity index is 1550. The first kappa shape index (κ1) is 34.1. The van der Waals surface area contributed by atoms with Gasteiger partial charge in [-0.3, -0.25) is 14.1 Å². The molecule has 1 saturated heterocycles. The molecule has 4 aliphatic carbocycles. The second kappa shape index (κ2) is 12.0. The molecular formula is C34H42FO11P. The molecule has 2 saturated carbocycles. The zero-order chi connectivity index (χ0) is 34.0. The molecule has 11 nitrogen and oxygen atoms in total. The predicted molar refractivity (Wildman–Crippen MR) is 165 cm³/mol. The third-order valence-electron chi connectivity index (χ3n) is 11.3. The number of ketones is 2. The zero-order valence-electron chi connectivity index (χ0n) is 26.9. The number of allylic oxidation sites excluding steroid dienone is 4. The van der Waals surface area contributed by atoms with Crippen molar-refractivity contribution >= 4 is 25.1 Å². The Hall–Kier alpha value is -2.73. The van der Waals surface area contributed by atoms with Crippen molar-refractivity contribution < 1.29 is 56.8 Å². The smallest absolute Gasteiger partial charge is 0.385 e. The van der Waals surface area contributed by atoms with Gasteiger partial charge in [0, 0.05) is 23.2 Å². The molecular weight excluding hydrogens is 634 g/mol. The highest BCUT2D eigenvalue weighted by molar-refractivity contribution is 7.54. The topological polar surface area (TPSA) is 155 Å². The molecule has 1 aromatic rings. The predicted octanol–water partition coefficient (Wildman–Crippen LogP) is 4.25. The fourth-order valence-corrected chi connectivity index (χ4v) is 10.8. The number of carbonyl (C=O) groups is 3. The number of ether oxygens (including phenoxy) is 3. The Kier molecular flexibility index (Phi) is 8.72. The van der Waals surface area contributed by atoms with E-state index in [4.69, 9.17) is 23.3 Å². The maximum atomic E-state index is 17.6. The summed E-state index contributed by atoms with van der Waals surface area (Å²) in [5.41, 5.74) is -5.76. The highest BCUT2D eigenvalue weighted by Crippen LogP contribution is 2.71. The average Bonchev–Trinajstić information content (AvgIpc) is 3.49. The lowest BCUT2D eigenvalue weighted by Gasteiger charge is -2.62. The van der Waals surface area contributed by atoms with Gasteiger partial charge in [-0.2, -0.15) is 0 Å². The number of para-hydroxylation sites is 1. The Labute approximate surface area is 273 Å². The van der Waals surface area contributed by atoms with Crippen LogP contribution in [0.15, 0.2) is 54.1 Å². The van der Waals surface area contributed by atoms with Crippen molar-refractivity contribution in [3.8, 4) is 5.75 Å². The fraction of sp³-hybridized carbons (Fsp3) is 0.618. The number of esters is 1. The number of halogens is 1. The molecule has 13 heteroatoms. The molecule has 1 heterocycles. The maximum Gasteiger partial charge on any atom is 0.385 e. The number of benzene rings is 1. The summed E-state index contributed by atoms with van der Waals surface area (Å²) in [5, 5.41) is 22.0. The lowest BCUT2D eigenvalue weighted by atomic mass is 9.45. The number of hydrogen-bond donors (Lipinski definition) is 2. The number of rotatable bonds is 10. The number of carbonyl (C=O) groups excluding carboxylic acids is 3. The fourth-order valence-electron chi connectivity index (χ4n) is 9.10. The Morgan fingerprint density at radius 2 is 1.91 bits per heavy atom. The molecule has 3 fully saturated rings. The van der Waals surface area contributed by atoms with Gasteiger partial charge < -0.3 is 28.9 Å². The summed E-state index contributed by atoms with van der Waals surface area (Å²) in [4.78, 5) is 38.4. The van der Waals surface area contributed by atoms with Crippen LogP contribution in [0.5, 0.6) is 5.75 Å². The summed E-state index contributed by atoms with van der Waals surface area (Å²) in [6.45, 7) is 5.63. The van der Waals surface area contributed by atoms with E-state index < -0.39 is 90.7 Å². The van der Waals surface area contributed by atoms with Crippen molar-refractivity contribution in [1.29, 1.82) is 0 Å². The normalized spacial score (nSPS) is 40.6. The maximum absolute atomic E-state index is 17.6. The van der Waals surface area contributed by atoms with E-state index in [1.807, 2.05) is 6.08 Å². The summed E-state index contributed by atoms with van der Waals surface area (Å²) in [6, 6.07) is 8.20. The molecule has 2 unspecified atom stereocenters. The van der Waals surface area contributed by atoms with Crippen LogP contribution >= 0.6 is 7.60 Å². The van der Waals surface area contributed by atoms with E-state index in [1.54, 1.807) is 57.2 Å². The van der Waals surface area contributed by atoms with Gasteiger partial charge in [-0.1, -0.05) is 42.8 Å². The van der Waals surface area contributed by atoms with E-state index >= 15 is 4.39 Å². The van der Waals surface area contributed by atoms with E-state index in [-0.39, 0.29) is 43.8 Å². The lowest BCUT2D eigenvalue weighted by Crippen LogP contribution is -2.69. The molecule has 0 aromatic heterocycles. The van der Waals surface area contributed by atoms with Crippen molar-refractivity contribution in [2.75, 3.05) is 19.4 Å². The van der Waals surface area contributed by atoms with Gasteiger partial charge in [0.25, 0.3) is 0 Å². The van der Waals surface area contributed by atoms with Crippen LogP contribution in [0.2, 0.25) is 0 Å². The van der Waals surface area contributed by atoms with Crippen LogP contribution in [0.4, 0.5) is 4.39 Å². The van der Waals surface area contributed by atoms with Crippen LogP contribution < -0.4 is 4.52 Å². The quantitative estimate of drug-likeness (QED) is 0.208. The van der Waals surface area contributed by atoms with E-state index in [0.717, 1.165) is 0 Å². The van der Waals surface area contributed by atoms with Crippen molar-refractivity contribution in [3.05, 3.63) is 54.1 Å². The van der Waals surface area contributed by atoms with Gasteiger partial charge in [-0.15, -0.1) is 0 Å². The number of alkyl halides is 1. The summed E-state index contributed by atoms with van der Waals surface area (Å²) in [5.74, 6) is -2.66. The molecule has 0 bridgehead atoms. The minimum absolute atomic E-state index is 0.0749. The number of Topliss-reactive ketones (excluding diaryl/α,β-unsaturated/α-hetero) is 1. The summed E-state index contributed by atoms with van der Waals surface area (Å²) < 4.78 is 61.2. The Morgan fingerprint density at radius 1 is 1.19 bits per heavy atom. The van der Waals surface area contributed by atoms with Crippen LogP contribution in [-0.4, -0.2) is 83.0 Å². The molecule has 0 radical (unpaired) electrons. The monoisotopic (exact) mass is 676 g/mol. The molecule has 47 heavy (non-hydrogen) atoms. The average molecular weight is 677 g/mol. The van der Waals surface area contributed by atoms with Gasteiger partial charge in [0.1, 0.15) is 18.5 Å².